The van der Waals surface area contributed by atoms with Crippen LogP contribution in [0.2, 0.25) is 0 Å². The molecule has 3 rings (SSSR count). The van der Waals surface area contributed by atoms with E-state index < -0.39 is 0 Å². The van der Waals surface area contributed by atoms with Crippen molar-refractivity contribution < 1.29 is 5.11 Å². The van der Waals surface area contributed by atoms with Crippen LogP contribution < -0.4 is 0 Å². The highest BCUT2D eigenvalue weighted by Crippen LogP contribution is 2.36. The number of aliphatic hydroxyl groups excluding tert-OH is 1. The molecule has 0 saturated heterocycles. The first kappa shape index (κ1) is 9.91. The van der Waals surface area contributed by atoms with Crippen LogP contribution in [0.4, 0.5) is 0 Å². The van der Waals surface area contributed by atoms with Crippen molar-refractivity contribution in [2.75, 3.05) is 0 Å². The van der Waals surface area contributed by atoms with E-state index in [2.05, 4.69) is 22.9 Å². The zero-order valence-electron chi connectivity index (χ0n) is 9.56. The molecule has 1 aromatic carbocycles. The molecule has 2 nitrogen and oxygen atoms in total. The Labute approximate surface area is 95.5 Å². The van der Waals surface area contributed by atoms with E-state index in [9.17, 15) is 5.11 Å². The topological polar surface area (TPSA) is 25.2 Å². The van der Waals surface area contributed by atoms with Gasteiger partial charge in [-0.1, -0.05) is 12.1 Å². The van der Waals surface area contributed by atoms with Gasteiger partial charge in [0, 0.05) is 23.1 Å². The van der Waals surface area contributed by atoms with Gasteiger partial charge in [-0.3, -0.25) is 0 Å². The van der Waals surface area contributed by atoms with Crippen molar-refractivity contribution in [2.24, 2.45) is 0 Å². The third kappa shape index (κ3) is 1.37. The van der Waals surface area contributed by atoms with E-state index >= 15 is 0 Å². The van der Waals surface area contributed by atoms with Gasteiger partial charge in [0.15, 0.2) is 0 Å². The summed E-state index contributed by atoms with van der Waals surface area (Å²) in [7, 11) is 0. The fraction of sp³-hybridized carbons (Fsp3) is 0.429. The maximum absolute atomic E-state index is 9.73. The van der Waals surface area contributed by atoms with Crippen LogP contribution in [0.15, 0.2) is 30.5 Å². The molecule has 1 aliphatic carbocycles. The molecular weight excluding hydrogens is 198 g/mol. The molecule has 1 N–H and O–H groups in total. The Morgan fingerprint density at radius 2 is 2.12 bits per heavy atom. The molecule has 0 spiro atoms. The Hall–Kier alpha value is -1.28. The summed E-state index contributed by atoms with van der Waals surface area (Å²) in [5.41, 5.74) is 2.30. The Kier molecular flexibility index (Phi) is 2.25. The summed E-state index contributed by atoms with van der Waals surface area (Å²) in [6.45, 7) is 1.83. The fourth-order valence-electron chi connectivity index (χ4n) is 2.56. The summed E-state index contributed by atoms with van der Waals surface area (Å²) >= 11 is 0. The van der Waals surface area contributed by atoms with Crippen molar-refractivity contribution in [1.29, 1.82) is 0 Å². The van der Waals surface area contributed by atoms with E-state index in [1.807, 2.05) is 19.1 Å². The second-order valence-corrected chi connectivity index (χ2v) is 4.76. The monoisotopic (exact) mass is 215 g/mol. The molecule has 1 atom stereocenters. The molecular formula is C14H17NO. The van der Waals surface area contributed by atoms with Crippen molar-refractivity contribution >= 4 is 10.9 Å². The van der Waals surface area contributed by atoms with Crippen LogP contribution in [0.3, 0.4) is 0 Å². The number of aromatic nitrogens is 1. The van der Waals surface area contributed by atoms with Gasteiger partial charge in [-0.05, 0) is 43.9 Å². The number of fused-ring (bicyclic) bond motifs is 1. The molecule has 16 heavy (non-hydrogen) atoms. The highest BCUT2D eigenvalue weighted by atomic mass is 16.3. The Morgan fingerprint density at radius 1 is 1.31 bits per heavy atom. The van der Waals surface area contributed by atoms with E-state index in [1.54, 1.807) is 0 Å². The maximum atomic E-state index is 9.73. The van der Waals surface area contributed by atoms with Gasteiger partial charge in [-0.25, -0.2) is 0 Å². The van der Waals surface area contributed by atoms with E-state index in [0.29, 0.717) is 6.04 Å². The lowest BCUT2D eigenvalue weighted by atomic mass is 9.93. The quantitative estimate of drug-likeness (QED) is 0.815. The van der Waals surface area contributed by atoms with Gasteiger partial charge in [0.2, 0.25) is 0 Å². The maximum Gasteiger partial charge on any atom is 0.0768 e. The van der Waals surface area contributed by atoms with Crippen LogP contribution in [-0.4, -0.2) is 9.67 Å². The lowest BCUT2D eigenvalue weighted by Crippen LogP contribution is -2.15. The molecule has 1 saturated carbocycles. The lowest BCUT2D eigenvalue weighted by Gasteiger charge is -2.28. The number of benzene rings is 1. The summed E-state index contributed by atoms with van der Waals surface area (Å²) in [4.78, 5) is 0. The number of aliphatic hydroxyl groups is 1. The minimum atomic E-state index is -0.388. The van der Waals surface area contributed by atoms with Gasteiger partial charge in [0.25, 0.3) is 0 Å². The lowest BCUT2D eigenvalue weighted by molar-refractivity contribution is 0.201. The third-order valence-electron chi connectivity index (χ3n) is 3.71. The average Bonchev–Trinajstić information content (AvgIpc) is 2.59. The van der Waals surface area contributed by atoms with Gasteiger partial charge in [-0.15, -0.1) is 0 Å². The van der Waals surface area contributed by atoms with Crippen molar-refractivity contribution in [2.45, 2.75) is 38.3 Å². The minimum Gasteiger partial charge on any atom is -0.389 e. The second kappa shape index (κ2) is 3.63. The Balaban J connectivity index is 2.16. The normalized spacial score (nSPS) is 18.6. The van der Waals surface area contributed by atoms with Crippen LogP contribution in [0.25, 0.3) is 10.9 Å². The fourth-order valence-corrected chi connectivity index (χ4v) is 2.56. The summed E-state index contributed by atoms with van der Waals surface area (Å²) in [6, 6.07) is 9.02. The van der Waals surface area contributed by atoms with Crippen LogP contribution >= 0.6 is 0 Å². The van der Waals surface area contributed by atoms with E-state index in [1.165, 1.54) is 30.2 Å². The first-order valence-electron chi connectivity index (χ1n) is 6.05. The highest BCUT2D eigenvalue weighted by Gasteiger charge is 2.21. The number of nitrogens with zero attached hydrogens (tertiary/aromatic N) is 1. The SMILES string of the molecule is CC(O)c1cccc2c1ccn2C1CCC1. The minimum absolute atomic E-state index is 0.388. The van der Waals surface area contributed by atoms with E-state index in [-0.39, 0.29) is 6.10 Å². The summed E-state index contributed by atoms with van der Waals surface area (Å²) < 4.78 is 2.37. The largest absolute Gasteiger partial charge is 0.389 e. The summed E-state index contributed by atoms with van der Waals surface area (Å²) in [5, 5.41) is 10.9. The molecule has 0 radical (unpaired) electrons. The molecule has 1 unspecified atom stereocenters. The predicted octanol–water partition coefficient (Wildman–Crippen LogP) is 3.42. The first-order chi connectivity index (χ1) is 7.77. The van der Waals surface area contributed by atoms with Gasteiger partial charge >= 0.3 is 0 Å². The van der Waals surface area contributed by atoms with Crippen LogP contribution in [-0.2, 0) is 0 Å². The summed E-state index contributed by atoms with van der Waals surface area (Å²) in [5.74, 6) is 0. The third-order valence-corrected chi connectivity index (χ3v) is 3.71. The Bertz CT molecular complexity index is 508. The predicted molar refractivity (Wildman–Crippen MR) is 65.5 cm³/mol. The first-order valence-corrected chi connectivity index (χ1v) is 6.05. The van der Waals surface area contributed by atoms with E-state index in [0.717, 1.165) is 5.56 Å². The number of hydrogen-bond acceptors (Lipinski definition) is 1. The number of hydrogen-bond donors (Lipinski definition) is 1. The summed E-state index contributed by atoms with van der Waals surface area (Å²) in [6.07, 6.45) is 5.72. The Morgan fingerprint density at radius 3 is 2.75 bits per heavy atom. The molecule has 1 heterocycles. The van der Waals surface area contributed by atoms with Gasteiger partial charge in [-0.2, -0.15) is 0 Å². The van der Waals surface area contributed by atoms with Gasteiger partial charge in [0.05, 0.1) is 6.10 Å². The number of rotatable bonds is 2. The zero-order chi connectivity index (χ0) is 11.1. The molecule has 1 aromatic heterocycles. The standard InChI is InChI=1S/C14H17NO/c1-10(16)12-6-3-7-14-13(12)8-9-15(14)11-4-2-5-11/h3,6-11,16H,2,4-5H2,1H3. The highest BCUT2D eigenvalue weighted by molar-refractivity contribution is 5.84. The molecule has 1 aliphatic rings. The zero-order valence-corrected chi connectivity index (χ0v) is 9.56. The second-order valence-electron chi connectivity index (χ2n) is 4.76. The van der Waals surface area contributed by atoms with Crippen LogP contribution in [0, 0.1) is 0 Å². The molecule has 1 fully saturated rings. The van der Waals surface area contributed by atoms with Crippen LogP contribution in [0.1, 0.15) is 43.9 Å². The van der Waals surface area contributed by atoms with Gasteiger partial charge in [0.1, 0.15) is 0 Å². The van der Waals surface area contributed by atoms with Crippen molar-refractivity contribution in [3.63, 3.8) is 0 Å². The molecule has 0 aliphatic heterocycles. The van der Waals surface area contributed by atoms with Crippen molar-refractivity contribution in [1.82, 2.24) is 4.57 Å². The molecule has 0 amide bonds. The van der Waals surface area contributed by atoms with Gasteiger partial charge < -0.3 is 9.67 Å². The molecule has 84 valence electrons. The molecule has 2 aromatic rings. The van der Waals surface area contributed by atoms with Crippen molar-refractivity contribution in [3.05, 3.63) is 36.0 Å². The smallest absolute Gasteiger partial charge is 0.0768 e. The van der Waals surface area contributed by atoms with Crippen LogP contribution in [0.5, 0.6) is 0 Å². The van der Waals surface area contributed by atoms with Crippen molar-refractivity contribution in [3.8, 4) is 0 Å². The molecule has 0 bridgehead atoms. The average molecular weight is 215 g/mol. The molecule has 2 heteroatoms. The van der Waals surface area contributed by atoms with E-state index in [4.69, 9.17) is 0 Å².